The van der Waals surface area contributed by atoms with Crippen LogP contribution in [0.5, 0.6) is 5.75 Å². The lowest BCUT2D eigenvalue weighted by Gasteiger charge is -2.23. The number of ether oxygens (including phenoxy) is 1. The third-order valence-electron chi connectivity index (χ3n) is 5.93. The number of aryl methyl sites for hydroxylation is 1. The topological polar surface area (TPSA) is 68.1 Å². The first-order chi connectivity index (χ1) is 16.2. The molecule has 0 spiro atoms. The molecule has 0 radical (unpaired) electrons. The van der Waals surface area contributed by atoms with Crippen molar-refractivity contribution in [1.29, 1.82) is 0 Å². The van der Waals surface area contributed by atoms with Gasteiger partial charge in [0.15, 0.2) is 11.6 Å². The third-order valence-corrected chi connectivity index (χ3v) is 5.93. The zero-order valence-corrected chi connectivity index (χ0v) is 18.4. The summed E-state index contributed by atoms with van der Waals surface area (Å²) >= 11 is 0. The van der Waals surface area contributed by atoms with Crippen LogP contribution >= 0.6 is 0 Å². The van der Waals surface area contributed by atoms with E-state index in [0.717, 1.165) is 51.1 Å². The normalized spacial score (nSPS) is 12.6. The zero-order chi connectivity index (χ0) is 22.4. The number of aromatic nitrogens is 4. The van der Waals surface area contributed by atoms with Crippen molar-refractivity contribution < 1.29 is 4.74 Å². The van der Waals surface area contributed by atoms with Crippen molar-refractivity contribution in [1.82, 2.24) is 19.7 Å². The highest BCUT2D eigenvalue weighted by Crippen LogP contribution is 2.40. The smallest absolute Gasteiger partial charge is 0.177 e. The highest BCUT2D eigenvalue weighted by molar-refractivity contribution is 5.85. The first-order valence-electron chi connectivity index (χ1n) is 10.8. The number of anilines is 4. The monoisotopic (exact) mass is 434 g/mol. The molecule has 5 aromatic rings. The van der Waals surface area contributed by atoms with Gasteiger partial charge in [-0.1, -0.05) is 30.3 Å². The van der Waals surface area contributed by atoms with Gasteiger partial charge >= 0.3 is 0 Å². The Morgan fingerprint density at radius 2 is 1.52 bits per heavy atom. The van der Waals surface area contributed by atoms with Crippen LogP contribution in [-0.4, -0.2) is 26.9 Å². The summed E-state index contributed by atoms with van der Waals surface area (Å²) in [7, 11) is 1.67. The molecule has 7 heteroatoms. The molecular formula is C26H22N6O. The van der Waals surface area contributed by atoms with Crippen molar-refractivity contribution >= 4 is 34.2 Å². The van der Waals surface area contributed by atoms with Crippen LogP contribution in [0.2, 0.25) is 0 Å². The second kappa shape index (κ2) is 7.63. The molecule has 1 aliphatic rings. The summed E-state index contributed by atoms with van der Waals surface area (Å²) in [5.41, 5.74) is 5.73. The number of rotatable bonds is 3. The molecule has 33 heavy (non-hydrogen) atoms. The van der Waals surface area contributed by atoms with Crippen molar-refractivity contribution in [3.8, 4) is 11.4 Å². The largest absolute Gasteiger partial charge is 0.497 e. The van der Waals surface area contributed by atoms with Gasteiger partial charge in [-0.25, -0.2) is 14.6 Å². The van der Waals surface area contributed by atoms with Crippen LogP contribution in [0.4, 0.5) is 23.1 Å². The first-order valence-corrected chi connectivity index (χ1v) is 10.8. The number of hydrogen-bond donors (Lipinski definition) is 1. The molecular weight excluding hydrogens is 412 g/mol. The minimum Gasteiger partial charge on any atom is -0.497 e. The molecule has 3 aromatic carbocycles. The maximum atomic E-state index is 5.36. The first kappa shape index (κ1) is 19.3. The van der Waals surface area contributed by atoms with Gasteiger partial charge in [0.25, 0.3) is 0 Å². The molecule has 0 unspecified atom stereocenters. The average Bonchev–Trinajstić information content (AvgIpc) is 3.07. The summed E-state index contributed by atoms with van der Waals surface area (Å²) in [6.45, 7) is 2.65. The number of nitrogens with one attached hydrogen (secondary N) is 1. The molecule has 7 nitrogen and oxygen atoms in total. The van der Waals surface area contributed by atoms with Crippen LogP contribution in [0.25, 0.3) is 16.7 Å². The Hall–Kier alpha value is -4.39. The van der Waals surface area contributed by atoms with Crippen molar-refractivity contribution in [2.24, 2.45) is 0 Å². The Balaban J connectivity index is 1.58. The number of nitrogens with zero attached hydrogens (tertiary/aromatic N) is 5. The summed E-state index contributed by atoms with van der Waals surface area (Å²) in [4.78, 5) is 12.1. The van der Waals surface area contributed by atoms with Crippen LogP contribution in [0, 0.1) is 6.92 Å². The second-order valence-corrected chi connectivity index (χ2v) is 7.95. The SMILES string of the molecule is COc1ccc(N2Cc3c(C)nn(-c4ccccc4)c3Nc3nc4ccccc4nc32)cc1. The summed E-state index contributed by atoms with van der Waals surface area (Å²) in [5, 5.41) is 8.42. The van der Waals surface area contributed by atoms with Gasteiger partial charge < -0.3 is 15.0 Å². The lowest BCUT2D eigenvalue weighted by atomic mass is 10.2. The molecule has 0 fully saturated rings. The van der Waals surface area contributed by atoms with E-state index in [0.29, 0.717) is 12.4 Å². The van der Waals surface area contributed by atoms with Crippen molar-refractivity contribution in [3.63, 3.8) is 0 Å². The van der Waals surface area contributed by atoms with E-state index < -0.39 is 0 Å². The number of fused-ring (bicyclic) bond motifs is 3. The van der Waals surface area contributed by atoms with Crippen LogP contribution in [0.3, 0.4) is 0 Å². The number of para-hydroxylation sites is 3. The Morgan fingerprint density at radius 3 is 2.24 bits per heavy atom. The van der Waals surface area contributed by atoms with Gasteiger partial charge in [0.05, 0.1) is 36.1 Å². The van der Waals surface area contributed by atoms with Crippen molar-refractivity contribution in [2.75, 3.05) is 17.3 Å². The summed E-state index contributed by atoms with van der Waals surface area (Å²) in [5.74, 6) is 3.18. The van der Waals surface area contributed by atoms with Crippen molar-refractivity contribution in [3.05, 3.63) is 90.1 Å². The van der Waals surface area contributed by atoms with E-state index in [1.165, 1.54) is 0 Å². The zero-order valence-electron chi connectivity index (χ0n) is 18.4. The van der Waals surface area contributed by atoms with Gasteiger partial charge in [-0.3, -0.25) is 0 Å². The van der Waals surface area contributed by atoms with Crippen LogP contribution < -0.4 is 15.0 Å². The van der Waals surface area contributed by atoms with Crippen LogP contribution in [-0.2, 0) is 6.54 Å². The number of methoxy groups -OCH3 is 1. The Morgan fingerprint density at radius 1 is 0.818 bits per heavy atom. The second-order valence-electron chi connectivity index (χ2n) is 7.95. The Bertz CT molecular complexity index is 1460. The molecule has 0 saturated carbocycles. The fraction of sp³-hybridized carbons (Fsp3) is 0.115. The predicted molar refractivity (Wildman–Crippen MR) is 130 cm³/mol. The molecule has 3 heterocycles. The average molecular weight is 435 g/mol. The molecule has 0 amide bonds. The Kier molecular flexibility index (Phi) is 4.47. The Labute approximate surface area is 191 Å². The molecule has 6 rings (SSSR count). The summed E-state index contributed by atoms with van der Waals surface area (Å²) < 4.78 is 7.31. The van der Waals surface area contributed by atoms with Gasteiger partial charge in [-0.2, -0.15) is 5.10 Å². The van der Waals surface area contributed by atoms with Gasteiger partial charge in [-0.15, -0.1) is 0 Å². The van der Waals surface area contributed by atoms with E-state index in [-0.39, 0.29) is 0 Å². The van der Waals surface area contributed by atoms with E-state index in [2.05, 4.69) is 10.2 Å². The number of hydrogen-bond acceptors (Lipinski definition) is 6. The molecule has 0 aliphatic carbocycles. The lowest BCUT2D eigenvalue weighted by Crippen LogP contribution is -2.18. The van der Waals surface area contributed by atoms with Gasteiger partial charge in [0.2, 0.25) is 0 Å². The van der Waals surface area contributed by atoms with E-state index in [4.69, 9.17) is 19.8 Å². The molecule has 1 N–H and O–H groups in total. The van der Waals surface area contributed by atoms with E-state index >= 15 is 0 Å². The molecule has 2 aromatic heterocycles. The highest BCUT2D eigenvalue weighted by atomic mass is 16.5. The molecule has 0 atom stereocenters. The molecule has 1 aliphatic heterocycles. The lowest BCUT2D eigenvalue weighted by molar-refractivity contribution is 0.415. The fourth-order valence-corrected chi connectivity index (χ4v) is 4.22. The quantitative estimate of drug-likeness (QED) is 0.403. The predicted octanol–water partition coefficient (Wildman–Crippen LogP) is 5.53. The number of benzene rings is 3. The van der Waals surface area contributed by atoms with Crippen LogP contribution in [0.15, 0.2) is 78.9 Å². The standard InChI is InChI=1S/C26H22N6O/c1-17-21-16-31(18-12-14-20(33-2)15-13-18)26-24(27-22-10-6-7-11-23(22)28-26)29-25(21)32(30-17)19-8-4-3-5-9-19/h3-15H,16H2,1-2H3,(H,27,29). The fourth-order valence-electron chi connectivity index (χ4n) is 4.22. The van der Waals surface area contributed by atoms with E-state index in [1.54, 1.807) is 7.11 Å². The highest BCUT2D eigenvalue weighted by Gasteiger charge is 2.28. The summed E-state index contributed by atoms with van der Waals surface area (Å²) in [6, 6.07) is 26.1. The minimum absolute atomic E-state index is 0.605. The van der Waals surface area contributed by atoms with Gasteiger partial charge in [0, 0.05) is 11.3 Å². The van der Waals surface area contributed by atoms with Crippen molar-refractivity contribution in [2.45, 2.75) is 13.5 Å². The molecule has 0 bridgehead atoms. The van der Waals surface area contributed by atoms with E-state index in [1.807, 2.05) is 90.5 Å². The molecule has 162 valence electrons. The van der Waals surface area contributed by atoms with Crippen LogP contribution in [0.1, 0.15) is 11.3 Å². The maximum absolute atomic E-state index is 5.36. The van der Waals surface area contributed by atoms with Gasteiger partial charge in [0.1, 0.15) is 11.6 Å². The molecule has 0 saturated heterocycles. The minimum atomic E-state index is 0.605. The summed E-state index contributed by atoms with van der Waals surface area (Å²) in [6.07, 6.45) is 0. The van der Waals surface area contributed by atoms with Gasteiger partial charge in [-0.05, 0) is 55.5 Å². The third kappa shape index (κ3) is 3.25. The maximum Gasteiger partial charge on any atom is 0.177 e. The van der Waals surface area contributed by atoms with E-state index in [9.17, 15) is 0 Å².